The van der Waals surface area contributed by atoms with Crippen molar-refractivity contribution in [3.8, 4) is 22.3 Å². The number of alkyl halides is 3. The number of carboxylic acid groups (broad SMARTS) is 1. The van der Waals surface area contributed by atoms with Crippen LogP contribution in [0.3, 0.4) is 0 Å². The molecule has 0 fully saturated rings. The number of hydrogen-bond donors (Lipinski definition) is 2. The maximum atomic E-state index is 14.3. The highest BCUT2D eigenvalue weighted by Gasteiger charge is 2.61. The third-order valence-electron chi connectivity index (χ3n) is 4.73. The number of hydrogen-bond acceptors (Lipinski definition) is 3. The lowest BCUT2D eigenvalue weighted by atomic mass is 9.89. The molecular weight excluding hydrogens is 380 g/mol. The molecule has 1 heterocycles. The Balaban J connectivity index is 2.01. The first-order valence-electron chi connectivity index (χ1n) is 8.10. The van der Waals surface area contributed by atoms with Crippen LogP contribution >= 0.6 is 0 Å². The summed E-state index contributed by atoms with van der Waals surface area (Å²) in [7, 11) is 0. The topological polar surface area (TPSA) is 75.3 Å². The Bertz CT molecular complexity index is 1110. The van der Waals surface area contributed by atoms with Gasteiger partial charge in [-0.05, 0) is 28.8 Å². The number of aromatic nitrogens is 2. The normalized spacial score (nSPS) is 18.0. The van der Waals surface area contributed by atoms with E-state index >= 15 is 0 Å². The number of benzene rings is 2. The van der Waals surface area contributed by atoms with Gasteiger partial charge in [0.2, 0.25) is 5.60 Å². The Morgan fingerprint density at radius 2 is 1.86 bits per heavy atom. The Labute approximate surface area is 155 Å². The van der Waals surface area contributed by atoms with E-state index in [2.05, 4.69) is 5.10 Å². The molecule has 1 aliphatic rings. The van der Waals surface area contributed by atoms with E-state index in [0.29, 0.717) is 6.07 Å². The minimum Gasteiger partial charge on any atom is -0.480 e. The van der Waals surface area contributed by atoms with Crippen molar-refractivity contribution >= 4 is 5.97 Å². The van der Waals surface area contributed by atoms with Crippen molar-refractivity contribution in [3.63, 3.8) is 0 Å². The standard InChI is InChI=1S/C19H12F4N2O3/c20-11-5-13(10-7-24-25(8-10)9-16(26)27)17-12-3-1-2-4-14(12)18(28,15(17)6-11)19(21,22)23/h1-8,28H,9H2,(H,26,27)/t18-/m1/s1. The monoisotopic (exact) mass is 392 g/mol. The predicted molar refractivity (Wildman–Crippen MR) is 89.7 cm³/mol. The maximum Gasteiger partial charge on any atom is 0.425 e. The average Bonchev–Trinajstić information content (AvgIpc) is 3.16. The van der Waals surface area contributed by atoms with Crippen LogP contribution in [-0.4, -0.2) is 32.1 Å². The summed E-state index contributed by atoms with van der Waals surface area (Å²) in [5.41, 5.74) is -3.88. The number of rotatable bonds is 3. The average molecular weight is 392 g/mol. The molecule has 5 nitrogen and oxygen atoms in total. The molecule has 0 saturated carbocycles. The zero-order valence-corrected chi connectivity index (χ0v) is 14.0. The number of aliphatic carboxylic acids is 1. The summed E-state index contributed by atoms with van der Waals surface area (Å²) < 4.78 is 56.9. The zero-order valence-electron chi connectivity index (χ0n) is 14.0. The van der Waals surface area contributed by atoms with Crippen LogP contribution in [0.5, 0.6) is 0 Å². The molecule has 0 radical (unpaired) electrons. The predicted octanol–water partition coefficient (Wildman–Crippen LogP) is 3.55. The van der Waals surface area contributed by atoms with Crippen LogP contribution in [0, 0.1) is 5.82 Å². The fraction of sp³-hybridized carbons (Fsp3) is 0.158. The van der Waals surface area contributed by atoms with Crippen molar-refractivity contribution in [3.05, 3.63) is 65.7 Å². The van der Waals surface area contributed by atoms with Gasteiger partial charge in [0.25, 0.3) is 0 Å². The van der Waals surface area contributed by atoms with Crippen LogP contribution in [0.15, 0.2) is 48.8 Å². The van der Waals surface area contributed by atoms with Gasteiger partial charge in [-0.2, -0.15) is 18.3 Å². The Morgan fingerprint density at radius 1 is 1.14 bits per heavy atom. The molecule has 1 aromatic heterocycles. The summed E-state index contributed by atoms with van der Waals surface area (Å²) in [6, 6.07) is 7.17. The first-order valence-corrected chi connectivity index (χ1v) is 8.10. The van der Waals surface area contributed by atoms with E-state index in [-0.39, 0.29) is 27.8 Å². The van der Waals surface area contributed by atoms with Crippen LogP contribution < -0.4 is 0 Å². The van der Waals surface area contributed by atoms with E-state index in [9.17, 15) is 27.5 Å². The molecule has 9 heteroatoms. The number of halogens is 4. The molecule has 2 N–H and O–H groups in total. The van der Waals surface area contributed by atoms with Gasteiger partial charge in [-0.25, -0.2) is 4.39 Å². The second kappa shape index (κ2) is 5.90. The summed E-state index contributed by atoms with van der Waals surface area (Å²) in [5, 5.41) is 23.4. The van der Waals surface area contributed by atoms with Gasteiger partial charge in [0.05, 0.1) is 6.20 Å². The minimum atomic E-state index is -5.08. The van der Waals surface area contributed by atoms with Crippen molar-refractivity contribution in [2.45, 2.75) is 18.3 Å². The van der Waals surface area contributed by atoms with Crippen LogP contribution in [0.25, 0.3) is 22.3 Å². The third-order valence-corrected chi connectivity index (χ3v) is 4.73. The van der Waals surface area contributed by atoms with Crippen molar-refractivity contribution in [1.29, 1.82) is 0 Å². The highest BCUT2D eigenvalue weighted by atomic mass is 19.4. The second-order valence-corrected chi connectivity index (χ2v) is 6.45. The number of aliphatic hydroxyl groups is 1. The number of carbonyl (C=O) groups is 1. The first-order chi connectivity index (χ1) is 13.1. The van der Waals surface area contributed by atoms with Crippen LogP contribution in [-0.2, 0) is 16.9 Å². The molecular formula is C19H12F4N2O3. The highest BCUT2D eigenvalue weighted by Crippen LogP contribution is 2.57. The molecule has 4 rings (SSSR count). The minimum absolute atomic E-state index is 0.0340. The molecule has 144 valence electrons. The van der Waals surface area contributed by atoms with E-state index in [1.54, 1.807) is 0 Å². The van der Waals surface area contributed by atoms with Crippen LogP contribution in [0.4, 0.5) is 17.6 Å². The fourth-order valence-electron chi connectivity index (χ4n) is 3.60. The molecule has 0 saturated heterocycles. The maximum absolute atomic E-state index is 14.3. The van der Waals surface area contributed by atoms with E-state index in [4.69, 9.17) is 5.11 Å². The van der Waals surface area contributed by atoms with Gasteiger partial charge in [0, 0.05) is 22.9 Å². The Morgan fingerprint density at radius 3 is 2.54 bits per heavy atom. The third kappa shape index (κ3) is 2.50. The van der Waals surface area contributed by atoms with Crippen molar-refractivity contribution in [2.24, 2.45) is 0 Å². The highest BCUT2D eigenvalue weighted by molar-refractivity contribution is 5.92. The second-order valence-electron chi connectivity index (χ2n) is 6.45. The molecule has 3 aromatic rings. The van der Waals surface area contributed by atoms with Gasteiger partial charge >= 0.3 is 12.1 Å². The van der Waals surface area contributed by atoms with Gasteiger partial charge in [-0.1, -0.05) is 24.3 Å². The summed E-state index contributed by atoms with van der Waals surface area (Å²) in [5.74, 6) is -2.12. The molecule has 1 atom stereocenters. The fourth-order valence-corrected chi connectivity index (χ4v) is 3.60. The summed E-state index contributed by atoms with van der Waals surface area (Å²) in [6.45, 7) is -0.458. The molecule has 0 spiro atoms. The summed E-state index contributed by atoms with van der Waals surface area (Å²) in [4.78, 5) is 10.8. The lowest BCUT2D eigenvalue weighted by Crippen LogP contribution is -2.41. The summed E-state index contributed by atoms with van der Waals surface area (Å²) >= 11 is 0. The van der Waals surface area contributed by atoms with E-state index < -0.39 is 35.7 Å². The Hall–Kier alpha value is -3.20. The smallest absolute Gasteiger partial charge is 0.425 e. The SMILES string of the molecule is O=C(O)Cn1cc(-c2cc(F)cc3c2-c2ccccc2[C@]3(O)C(F)(F)F)cn1. The Kier molecular flexibility index (Phi) is 3.83. The van der Waals surface area contributed by atoms with Gasteiger partial charge in [-0.3, -0.25) is 9.48 Å². The number of carboxylic acids is 1. The molecule has 0 unspecified atom stereocenters. The van der Waals surface area contributed by atoms with E-state index in [1.807, 2.05) is 0 Å². The van der Waals surface area contributed by atoms with Crippen LogP contribution in [0.2, 0.25) is 0 Å². The quantitative estimate of drug-likeness (QED) is 0.669. The molecule has 28 heavy (non-hydrogen) atoms. The van der Waals surface area contributed by atoms with Crippen molar-refractivity contribution in [2.75, 3.05) is 0 Å². The number of nitrogens with zero attached hydrogens (tertiary/aromatic N) is 2. The molecule has 0 bridgehead atoms. The molecule has 1 aliphatic carbocycles. The molecule has 0 aliphatic heterocycles. The van der Waals surface area contributed by atoms with Crippen molar-refractivity contribution < 1.29 is 32.6 Å². The number of fused-ring (bicyclic) bond motifs is 3. The van der Waals surface area contributed by atoms with Gasteiger partial charge in [-0.15, -0.1) is 0 Å². The van der Waals surface area contributed by atoms with Gasteiger partial charge in [0.1, 0.15) is 12.4 Å². The van der Waals surface area contributed by atoms with E-state index in [0.717, 1.165) is 16.8 Å². The largest absolute Gasteiger partial charge is 0.480 e. The van der Waals surface area contributed by atoms with Gasteiger partial charge < -0.3 is 10.2 Å². The lowest BCUT2D eigenvalue weighted by molar-refractivity contribution is -0.246. The van der Waals surface area contributed by atoms with Crippen LogP contribution in [0.1, 0.15) is 11.1 Å². The summed E-state index contributed by atoms with van der Waals surface area (Å²) in [6.07, 6.45) is -2.53. The zero-order chi connectivity index (χ0) is 20.3. The van der Waals surface area contributed by atoms with E-state index in [1.165, 1.54) is 30.6 Å². The molecule has 0 amide bonds. The molecule has 2 aromatic carbocycles. The first kappa shape index (κ1) is 18.2. The lowest BCUT2D eigenvalue weighted by Gasteiger charge is -2.28. The van der Waals surface area contributed by atoms with Gasteiger partial charge in [0.15, 0.2) is 0 Å². The van der Waals surface area contributed by atoms with Crippen molar-refractivity contribution in [1.82, 2.24) is 9.78 Å².